The molecule has 0 aromatic rings. The van der Waals surface area contributed by atoms with Crippen LogP contribution in [0.2, 0.25) is 0 Å². The average molecular weight is 273 g/mol. The summed E-state index contributed by atoms with van der Waals surface area (Å²) in [7, 11) is 0. The fourth-order valence-electron chi connectivity index (χ4n) is 1.43. The Balaban J connectivity index is -0.00000162. The van der Waals surface area contributed by atoms with Gasteiger partial charge in [0.05, 0.1) is 5.54 Å². The Hall–Kier alpha value is -1.36. The summed E-state index contributed by atoms with van der Waals surface area (Å²) < 4.78 is 0. The monoisotopic (exact) mass is 273 g/mol. The molecule has 0 fully saturated rings. The van der Waals surface area contributed by atoms with E-state index < -0.39 is 11.0 Å². The molecule has 0 radical (unpaired) electrons. The summed E-state index contributed by atoms with van der Waals surface area (Å²) >= 11 is 0. The van der Waals surface area contributed by atoms with Crippen LogP contribution in [0.25, 0.3) is 0 Å². The molecule has 0 aliphatic heterocycles. The van der Waals surface area contributed by atoms with E-state index in [0.29, 0.717) is 0 Å². The minimum Gasteiger partial charge on any atom is -0.512 e. The lowest BCUT2D eigenvalue weighted by atomic mass is 9.93. The largest absolute Gasteiger partial charge is 0.512 e. The maximum atomic E-state index is 12.0. The van der Waals surface area contributed by atoms with Crippen LogP contribution < -0.4 is 11.1 Å². The molecule has 0 heterocycles. The molecule has 0 aromatic heterocycles. The lowest BCUT2D eigenvalue weighted by molar-refractivity contribution is -0.123. The van der Waals surface area contributed by atoms with Crippen molar-refractivity contribution < 1.29 is 12.8 Å². The summed E-state index contributed by atoms with van der Waals surface area (Å²) in [5.74, 6) is -0.260. The molecule has 5 nitrogen and oxygen atoms in total. The van der Waals surface area contributed by atoms with E-state index in [0.717, 1.165) is 0 Å². The molecule has 0 unspecified atom stereocenters. The number of amides is 1. The Morgan fingerprint density at radius 1 is 1.32 bits per heavy atom. The highest BCUT2D eigenvalue weighted by Gasteiger charge is 2.27. The van der Waals surface area contributed by atoms with Gasteiger partial charge in [0.1, 0.15) is 11.6 Å². The van der Waals surface area contributed by atoms with Crippen molar-refractivity contribution in [1.29, 1.82) is 0 Å². The van der Waals surface area contributed by atoms with E-state index in [1.165, 1.54) is 6.08 Å². The van der Waals surface area contributed by atoms with Gasteiger partial charge in [-0.2, -0.15) is 4.99 Å². The van der Waals surface area contributed by atoms with E-state index in [1.807, 2.05) is 34.6 Å². The third-order valence-corrected chi connectivity index (χ3v) is 2.47. The molecule has 0 rings (SSSR count). The van der Waals surface area contributed by atoms with Gasteiger partial charge in [0.25, 0.3) is 5.91 Å². The van der Waals surface area contributed by atoms with Gasteiger partial charge in [0, 0.05) is 20.4 Å². The smallest absolute Gasteiger partial charge is 0.267 e. The summed E-state index contributed by atoms with van der Waals surface area (Å²) in [6.07, 6.45) is 1.32. The van der Waals surface area contributed by atoms with Gasteiger partial charge >= 0.3 is 0 Å². The Bertz CT molecular complexity index is 398. The zero-order chi connectivity index (χ0) is 15.4. The van der Waals surface area contributed by atoms with Gasteiger partial charge in [0.2, 0.25) is 0 Å². The van der Waals surface area contributed by atoms with Crippen molar-refractivity contribution in [2.75, 3.05) is 0 Å². The Morgan fingerprint density at radius 3 is 2.16 bits per heavy atom. The first kappa shape index (κ1) is 17.6. The van der Waals surface area contributed by atoms with E-state index >= 15 is 0 Å². The van der Waals surface area contributed by atoms with Gasteiger partial charge < -0.3 is 16.2 Å². The van der Waals surface area contributed by atoms with Gasteiger partial charge in [-0.15, -0.1) is 0 Å². The SMILES string of the molecule is CC(C)NC(C)(C)C(=O)N=C(N)/C=C(\O)C(C)(C)C.[HH].[HH]. The van der Waals surface area contributed by atoms with Gasteiger partial charge in [-0.3, -0.25) is 4.79 Å². The molecule has 0 aromatic carbocycles. The normalized spacial score (nSPS) is 14.9. The van der Waals surface area contributed by atoms with Gasteiger partial charge in [-0.25, -0.2) is 0 Å². The lowest BCUT2D eigenvalue weighted by Gasteiger charge is -2.25. The van der Waals surface area contributed by atoms with E-state index in [2.05, 4.69) is 10.3 Å². The topological polar surface area (TPSA) is 87.7 Å². The van der Waals surface area contributed by atoms with Crippen molar-refractivity contribution in [3.8, 4) is 0 Å². The van der Waals surface area contributed by atoms with Crippen LogP contribution in [0.4, 0.5) is 0 Å². The minimum absolute atomic E-state index is 0. The zero-order valence-corrected chi connectivity index (χ0v) is 13.0. The van der Waals surface area contributed by atoms with Crippen LogP contribution in [0.15, 0.2) is 16.8 Å². The fourth-order valence-corrected chi connectivity index (χ4v) is 1.43. The highest BCUT2D eigenvalue weighted by atomic mass is 16.3. The molecule has 5 heteroatoms. The second kappa shape index (κ2) is 6.19. The van der Waals surface area contributed by atoms with Crippen molar-refractivity contribution in [2.45, 2.75) is 60.0 Å². The molecule has 0 spiro atoms. The van der Waals surface area contributed by atoms with Crippen molar-refractivity contribution in [3.05, 3.63) is 11.8 Å². The predicted molar refractivity (Wildman–Crippen MR) is 83.4 cm³/mol. The summed E-state index contributed by atoms with van der Waals surface area (Å²) in [6, 6.07) is 0.161. The van der Waals surface area contributed by atoms with Crippen LogP contribution in [0, 0.1) is 5.41 Å². The maximum absolute atomic E-state index is 12.0. The first-order chi connectivity index (χ1) is 8.36. The number of hydrogen-bond donors (Lipinski definition) is 3. The number of amidine groups is 1. The van der Waals surface area contributed by atoms with Gasteiger partial charge in [0.15, 0.2) is 0 Å². The zero-order valence-electron chi connectivity index (χ0n) is 13.0. The third-order valence-electron chi connectivity index (χ3n) is 2.47. The van der Waals surface area contributed by atoms with Crippen LogP contribution in [0.5, 0.6) is 0 Å². The van der Waals surface area contributed by atoms with Crippen molar-refractivity contribution in [1.82, 2.24) is 5.32 Å². The summed E-state index contributed by atoms with van der Waals surface area (Å²) in [4.78, 5) is 15.8. The third kappa shape index (κ3) is 6.38. The van der Waals surface area contributed by atoms with Crippen molar-refractivity contribution >= 4 is 11.7 Å². The highest BCUT2D eigenvalue weighted by Crippen LogP contribution is 2.22. The fraction of sp³-hybridized carbons (Fsp3) is 0.714. The second-order valence-electron chi connectivity index (χ2n) is 6.55. The first-order valence-electron chi connectivity index (χ1n) is 6.43. The maximum Gasteiger partial charge on any atom is 0.267 e. The minimum atomic E-state index is -0.788. The second-order valence-corrected chi connectivity index (χ2v) is 6.55. The molecule has 114 valence electrons. The molecule has 0 atom stereocenters. The number of carbonyl (C=O) groups excluding carboxylic acids is 1. The quantitative estimate of drug-likeness (QED) is 0.417. The lowest BCUT2D eigenvalue weighted by Crippen LogP contribution is -2.49. The van der Waals surface area contributed by atoms with Crippen LogP contribution >= 0.6 is 0 Å². The molecule has 0 aliphatic carbocycles. The number of aliphatic imine (C=N–C) groups is 1. The van der Waals surface area contributed by atoms with E-state index in [9.17, 15) is 9.90 Å². The molecule has 19 heavy (non-hydrogen) atoms. The molecule has 0 aliphatic rings. The molecule has 1 amide bonds. The summed E-state index contributed by atoms with van der Waals surface area (Å²) in [6.45, 7) is 12.9. The van der Waals surface area contributed by atoms with Crippen LogP contribution in [0.3, 0.4) is 0 Å². The van der Waals surface area contributed by atoms with E-state index in [1.54, 1.807) is 13.8 Å². The number of rotatable bonds is 4. The number of nitrogens with zero attached hydrogens (tertiary/aromatic N) is 1. The average Bonchev–Trinajstić information content (AvgIpc) is 2.13. The van der Waals surface area contributed by atoms with Gasteiger partial charge in [-0.1, -0.05) is 20.8 Å². The van der Waals surface area contributed by atoms with Crippen LogP contribution in [-0.2, 0) is 4.79 Å². The van der Waals surface area contributed by atoms with Crippen LogP contribution in [0.1, 0.15) is 51.3 Å². The number of nitrogens with two attached hydrogens (primary N) is 1. The standard InChI is InChI=1S/C14H27N3O2.2H2/c1-9(2)17-14(6,7)12(19)16-11(15)8-10(18)13(3,4)5;;/h8-9,17-18H,1-7H3,(H2,15,16,19);2*1H/b10-8-;;. The van der Waals surface area contributed by atoms with E-state index in [4.69, 9.17) is 5.73 Å². The number of aliphatic hydroxyl groups excluding tert-OH is 1. The van der Waals surface area contributed by atoms with Crippen LogP contribution in [-0.4, -0.2) is 28.4 Å². The predicted octanol–water partition coefficient (Wildman–Crippen LogP) is 2.63. The molecule has 0 bridgehead atoms. The van der Waals surface area contributed by atoms with E-state index in [-0.39, 0.29) is 26.4 Å². The Morgan fingerprint density at radius 2 is 1.79 bits per heavy atom. The number of aliphatic hydroxyl groups is 1. The Labute approximate surface area is 119 Å². The number of hydrogen-bond acceptors (Lipinski definition) is 3. The number of nitrogens with one attached hydrogen (secondary N) is 1. The summed E-state index contributed by atoms with van der Waals surface area (Å²) in [5.41, 5.74) is 4.46. The summed E-state index contributed by atoms with van der Waals surface area (Å²) in [5, 5.41) is 12.9. The first-order valence-corrected chi connectivity index (χ1v) is 6.43. The number of allylic oxidation sites excluding steroid dienone is 1. The highest BCUT2D eigenvalue weighted by molar-refractivity contribution is 6.02. The van der Waals surface area contributed by atoms with Gasteiger partial charge in [-0.05, 0) is 27.7 Å². The molecular weight excluding hydrogens is 242 g/mol. The van der Waals surface area contributed by atoms with Crippen molar-refractivity contribution in [2.24, 2.45) is 16.1 Å². The molecule has 0 saturated carbocycles. The number of carbonyl (C=O) groups is 1. The Kier molecular flexibility index (Phi) is 5.75. The molecule has 0 saturated heterocycles. The molecular formula is C14H31N3O2. The van der Waals surface area contributed by atoms with Crippen molar-refractivity contribution in [3.63, 3.8) is 0 Å². The molecule has 4 N–H and O–H groups in total.